The van der Waals surface area contributed by atoms with Crippen molar-refractivity contribution in [3.63, 3.8) is 0 Å². The fraction of sp³-hybridized carbons (Fsp3) is 0.440. The van der Waals surface area contributed by atoms with Gasteiger partial charge in [-0.2, -0.15) is 0 Å². The van der Waals surface area contributed by atoms with Crippen molar-refractivity contribution in [1.82, 2.24) is 0 Å². The number of hydrogen-bond donors (Lipinski definition) is 0. The number of carbonyl (C=O) groups excluding carboxylic acids is 2. The minimum atomic E-state index is -1.76. The maximum absolute atomic E-state index is 13.9. The van der Waals surface area contributed by atoms with Crippen LogP contribution < -0.4 is 0 Å². The second-order valence-electron chi connectivity index (χ2n) is 9.52. The van der Waals surface area contributed by atoms with Gasteiger partial charge in [0.1, 0.15) is 0 Å². The summed E-state index contributed by atoms with van der Waals surface area (Å²) >= 11 is 25.1. The number of hydrogen-bond acceptors (Lipinski definition) is 6. The Balaban J connectivity index is 1.77. The Morgan fingerprint density at radius 2 is 1.14 bits per heavy atom. The molecular weight excluding hydrogens is 538 g/mol. The molecule has 0 aromatic heterocycles. The highest BCUT2D eigenvalue weighted by Crippen LogP contribution is 2.62. The van der Waals surface area contributed by atoms with E-state index in [1.54, 1.807) is 36.4 Å². The maximum atomic E-state index is 13.9. The third-order valence-corrected chi connectivity index (χ3v) is 8.47. The van der Waals surface area contributed by atoms with E-state index < -0.39 is 40.8 Å². The summed E-state index contributed by atoms with van der Waals surface area (Å²) in [6.45, 7) is 3.81. The molecule has 2 spiro atoms. The van der Waals surface area contributed by atoms with Crippen molar-refractivity contribution in [2.24, 2.45) is 5.41 Å². The van der Waals surface area contributed by atoms with Crippen molar-refractivity contribution in [2.45, 2.75) is 50.1 Å². The Bertz CT molecular complexity index is 1120. The number of benzene rings is 2. The zero-order chi connectivity index (χ0) is 25.2. The van der Waals surface area contributed by atoms with Crippen LogP contribution in [0.1, 0.15) is 49.7 Å². The molecule has 6 nitrogen and oxygen atoms in total. The minimum absolute atomic E-state index is 0.202. The van der Waals surface area contributed by atoms with E-state index in [0.717, 1.165) is 0 Å². The summed E-state index contributed by atoms with van der Waals surface area (Å²) in [7, 11) is 0. The van der Waals surface area contributed by atoms with E-state index in [-0.39, 0.29) is 22.9 Å². The lowest BCUT2D eigenvalue weighted by Crippen LogP contribution is -2.63. The van der Waals surface area contributed by atoms with Gasteiger partial charge in [-0.05, 0) is 35.4 Å². The van der Waals surface area contributed by atoms with Crippen LogP contribution in [0, 0.1) is 5.41 Å². The fourth-order valence-corrected chi connectivity index (χ4v) is 6.12. The molecule has 1 saturated carbocycles. The largest absolute Gasteiger partial charge is 0.422 e. The number of ether oxygens (including phenoxy) is 4. The van der Waals surface area contributed by atoms with Crippen LogP contribution in [0.15, 0.2) is 36.4 Å². The molecule has 3 aliphatic rings. The van der Waals surface area contributed by atoms with Crippen LogP contribution >= 0.6 is 46.4 Å². The van der Waals surface area contributed by atoms with Gasteiger partial charge in [-0.25, -0.2) is 0 Å². The monoisotopic (exact) mass is 558 g/mol. The highest BCUT2D eigenvalue weighted by Gasteiger charge is 2.70. The summed E-state index contributed by atoms with van der Waals surface area (Å²) in [4.78, 5) is 27.9. The maximum Gasteiger partial charge on any atom is 0.328 e. The first-order valence-electron chi connectivity index (χ1n) is 11.1. The van der Waals surface area contributed by atoms with Gasteiger partial charge in [0.2, 0.25) is 0 Å². The zero-order valence-corrected chi connectivity index (χ0v) is 21.9. The summed E-state index contributed by atoms with van der Waals surface area (Å²) in [5.41, 5.74) is -0.544. The molecule has 1 aliphatic carbocycles. The third kappa shape index (κ3) is 4.12. The predicted molar refractivity (Wildman–Crippen MR) is 131 cm³/mol. The normalized spacial score (nSPS) is 26.6. The number of rotatable bonds is 2. The lowest BCUT2D eigenvalue weighted by Gasteiger charge is -2.54. The van der Waals surface area contributed by atoms with Crippen molar-refractivity contribution < 1.29 is 28.5 Å². The molecule has 2 atom stereocenters. The van der Waals surface area contributed by atoms with Gasteiger partial charge in [-0.15, -0.1) is 0 Å². The van der Waals surface area contributed by atoms with E-state index in [1.807, 2.05) is 0 Å². The van der Waals surface area contributed by atoms with Crippen LogP contribution in [0.3, 0.4) is 0 Å². The van der Waals surface area contributed by atoms with E-state index in [1.165, 1.54) is 13.8 Å². The van der Waals surface area contributed by atoms with E-state index in [9.17, 15) is 9.59 Å². The SMILES string of the molecule is CC1(C)OC(=O)C2(C(=O)O1)[C@@H](c1ccc(Cl)c(Cl)c1)CC1(C[C@H]2c2ccc(Cl)c(Cl)c2)OCCO1. The van der Waals surface area contributed by atoms with Gasteiger partial charge in [0.25, 0.3) is 5.79 Å². The van der Waals surface area contributed by atoms with Crippen LogP contribution in [-0.4, -0.2) is 36.7 Å². The second kappa shape index (κ2) is 8.79. The molecule has 0 radical (unpaired) electrons. The number of cyclic esters (lactones) is 2. The summed E-state index contributed by atoms with van der Waals surface area (Å²) in [6, 6.07) is 10.0. The van der Waals surface area contributed by atoms with Gasteiger partial charge in [-0.3, -0.25) is 9.59 Å². The Morgan fingerprint density at radius 3 is 1.54 bits per heavy atom. The molecule has 0 unspecified atom stereocenters. The molecule has 186 valence electrons. The standard InChI is InChI=1S/C25H22Cl4O6/c1-23(2)34-21(30)25(22(31)35-23)15(13-3-5-17(26)19(28)9-13)11-24(32-7-8-33-24)12-16(25)14-4-6-18(27)20(29)10-14/h3-6,9-10,15-16H,7-8,11-12H2,1-2H3/t15-,16+. The molecule has 2 saturated heterocycles. The molecule has 5 rings (SSSR count). The Kier molecular flexibility index (Phi) is 6.31. The highest BCUT2D eigenvalue weighted by atomic mass is 35.5. The zero-order valence-electron chi connectivity index (χ0n) is 18.9. The molecule has 2 heterocycles. The number of halogens is 4. The lowest BCUT2D eigenvalue weighted by atomic mass is 9.54. The first-order chi connectivity index (χ1) is 16.5. The van der Waals surface area contributed by atoms with E-state index >= 15 is 0 Å². The molecule has 0 amide bonds. The van der Waals surface area contributed by atoms with Crippen molar-refractivity contribution >= 4 is 58.3 Å². The van der Waals surface area contributed by atoms with Crippen LogP contribution in [0.25, 0.3) is 0 Å². The van der Waals surface area contributed by atoms with Gasteiger partial charge in [0, 0.05) is 38.5 Å². The van der Waals surface area contributed by atoms with Crippen LogP contribution in [-0.2, 0) is 28.5 Å². The molecule has 2 aliphatic heterocycles. The van der Waals surface area contributed by atoms with E-state index in [2.05, 4.69) is 0 Å². The van der Waals surface area contributed by atoms with Gasteiger partial charge >= 0.3 is 11.9 Å². The highest BCUT2D eigenvalue weighted by molar-refractivity contribution is 6.42. The van der Waals surface area contributed by atoms with Gasteiger partial charge in [0.15, 0.2) is 11.2 Å². The first-order valence-corrected chi connectivity index (χ1v) is 12.6. The van der Waals surface area contributed by atoms with Crippen LogP contribution in [0.5, 0.6) is 0 Å². The molecule has 0 bridgehead atoms. The molecule has 10 heteroatoms. The molecular formula is C25H22Cl4O6. The van der Waals surface area contributed by atoms with Gasteiger partial charge in [-0.1, -0.05) is 58.5 Å². The quantitative estimate of drug-likeness (QED) is 0.308. The molecule has 0 N–H and O–H groups in total. The Labute approximate surface area is 222 Å². The Hall–Kier alpha value is -1.54. The average molecular weight is 560 g/mol. The molecule has 2 aromatic carbocycles. The third-order valence-electron chi connectivity index (χ3n) is 6.99. The van der Waals surface area contributed by atoms with E-state index in [0.29, 0.717) is 34.4 Å². The molecule has 2 aromatic rings. The van der Waals surface area contributed by atoms with Gasteiger partial charge in [0.05, 0.1) is 33.3 Å². The molecule has 35 heavy (non-hydrogen) atoms. The smallest absolute Gasteiger partial charge is 0.328 e. The van der Waals surface area contributed by atoms with Crippen molar-refractivity contribution in [3.8, 4) is 0 Å². The first kappa shape index (κ1) is 25.1. The van der Waals surface area contributed by atoms with E-state index in [4.69, 9.17) is 65.4 Å². The summed E-state index contributed by atoms with van der Waals surface area (Å²) in [5, 5.41) is 1.27. The fourth-order valence-electron chi connectivity index (χ4n) is 5.51. The van der Waals surface area contributed by atoms with Crippen molar-refractivity contribution in [2.75, 3.05) is 13.2 Å². The average Bonchev–Trinajstić information content (AvgIpc) is 3.23. The summed E-state index contributed by atoms with van der Waals surface area (Å²) < 4.78 is 23.6. The summed E-state index contributed by atoms with van der Waals surface area (Å²) in [6.07, 6.45) is 0.404. The van der Waals surface area contributed by atoms with Crippen LogP contribution in [0.4, 0.5) is 0 Å². The summed E-state index contributed by atoms with van der Waals surface area (Å²) in [5.74, 6) is -5.37. The number of esters is 2. The Morgan fingerprint density at radius 1 is 0.714 bits per heavy atom. The predicted octanol–water partition coefficient (Wildman–Crippen LogP) is 6.53. The number of carbonyl (C=O) groups is 2. The second-order valence-corrected chi connectivity index (χ2v) is 11.1. The lowest BCUT2D eigenvalue weighted by molar-refractivity contribution is -0.268. The van der Waals surface area contributed by atoms with Crippen molar-refractivity contribution in [3.05, 3.63) is 67.6 Å². The minimum Gasteiger partial charge on any atom is -0.422 e. The van der Waals surface area contributed by atoms with Gasteiger partial charge < -0.3 is 18.9 Å². The van der Waals surface area contributed by atoms with Crippen molar-refractivity contribution in [1.29, 1.82) is 0 Å². The van der Waals surface area contributed by atoms with Crippen LogP contribution in [0.2, 0.25) is 20.1 Å². The molecule has 3 fully saturated rings. The topological polar surface area (TPSA) is 71.1 Å².